The van der Waals surface area contributed by atoms with E-state index in [9.17, 15) is 4.79 Å². The fraction of sp³-hybridized carbons (Fsp3) is 0.0667. The molecule has 0 aliphatic heterocycles. The normalized spacial score (nSPS) is 10.7. The molecule has 0 saturated carbocycles. The van der Waals surface area contributed by atoms with Crippen molar-refractivity contribution in [2.75, 3.05) is 0 Å². The van der Waals surface area contributed by atoms with E-state index in [-0.39, 0.29) is 5.56 Å². The number of aryl methyl sites for hydroxylation is 1. The number of hydrogen-bond donors (Lipinski definition) is 1. The lowest BCUT2D eigenvalue weighted by Gasteiger charge is -1.99. The largest absolute Gasteiger partial charge is 0.478 e. The number of nitrogens with zero attached hydrogens (tertiary/aromatic N) is 1. The molecule has 2 rings (SSSR count). The molecular formula is C15H13NO2. The number of carbonyl (C=O) groups is 1. The highest BCUT2D eigenvalue weighted by atomic mass is 16.4. The summed E-state index contributed by atoms with van der Waals surface area (Å²) >= 11 is 0. The molecule has 0 aromatic heterocycles. The topological polar surface area (TPSA) is 49.7 Å². The summed E-state index contributed by atoms with van der Waals surface area (Å²) in [7, 11) is 0. The lowest BCUT2D eigenvalue weighted by Crippen LogP contribution is -2.00. The van der Waals surface area contributed by atoms with E-state index in [0.29, 0.717) is 5.56 Å². The van der Waals surface area contributed by atoms with Crippen LogP contribution in [0.3, 0.4) is 0 Å². The first kappa shape index (κ1) is 12.0. The van der Waals surface area contributed by atoms with Gasteiger partial charge in [0.15, 0.2) is 0 Å². The molecule has 0 aliphatic carbocycles. The summed E-state index contributed by atoms with van der Waals surface area (Å²) in [5.41, 5.74) is 2.83. The number of carboxylic acid groups (broad SMARTS) is 1. The van der Waals surface area contributed by atoms with Crippen molar-refractivity contribution >= 4 is 17.9 Å². The van der Waals surface area contributed by atoms with Gasteiger partial charge in [-0.25, -0.2) is 4.79 Å². The first-order chi connectivity index (χ1) is 8.66. The van der Waals surface area contributed by atoms with Gasteiger partial charge in [0, 0.05) is 11.8 Å². The maximum atomic E-state index is 11.0. The van der Waals surface area contributed by atoms with Crippen molar-refractivity contribution in [2.45, 2.75) is 6.92 Å². The molecule has 0 spiro atoms. The van der Waals surface area contributed by atoms with Gasteiger partial charge in [-0.3, -0.25) is 4.99 Å². The van der Waals surface area contributed by atoms with E-state index in [2.05, 4.69) is 4.99 Å². The molecule has 3 nitrogen and oxygen atoms in total. The zero-order valence-corrected chi connectivity index (χ0v) is 10.00. The highest BCUT2D eigenvalue weighted by molar-refractivity contribution is 5.98. The van der Waals surface area contributed by atoms with E-state index in [0.717, 1.165) is 5.69 Å². The summed E-state index contributed by atoms with van der Waals surface area (Å²) < 4.78 is 0. The van der Waals surface area contributed by atoms with Gasteiger partial charge < -0.3 is 5.11 Å². The van der Waals surface area contributed by atoms with Gasteiger partial charge >= 0.3 is 5.97 Å². The molecule has 0 saturated heterocycles. The third kappa shape index (κ3) is 2.83. The number of benzene rings is 2. The maximum Gasteiger partial charge on any atom is 0.336 e. The Morgan fingerprint density at radius 1 is 1.11 bits per heavy atom. The van der Waals surface area contributed by atoms with Crippen LogP contribution in [0.25, 0.3) is 0 Å². The fourth-order valence-electron chi connectivity index (χ4n) is 1.58. The molecule has 90 valence electrons. The van der Waals surface area contributed by atoms with Crippen molar-refractivity contribution in [1.82, 2.24) is 0 Å². The number of aliphatic imine (C=N–C) groups is 1. The zero-order valence-electron chi connectivity index (χ0n) is 10.00. The number of aromatic carboxylic acids is 1. The minimum Gasteiger partial charge on any atom is -0.478 e. The van der Waals surface area contributed by atoms with Crippen LogP contribution in [0.4, 0.5) is 5.69 Å². The molecule has 0 fully saturated rings. The molecule has 2 aromatic rings. The van der Waals surface area contributed by atoms with Crippen molar-refractivity contribution < 1.29 is 9.90 Å². The Labute approximate surface area is 105 Å². The van der Waals surface area contributed by atoms with Crippen LogP contribution in [0.15, 0.2) is 53.5 Å². The maximum absolute atomic E-state index is 11.0. The first-order valence-electron chi connectivity index (χ1n) is 5.60. The van der Waals surface area contributed by atoms with Crippen molar-refractivity contribution in [3.05, 3.63) is 65.2 Å². The van der Waals surface area contributed by atoms with Crippen LogP contribution in [0.2, 0.25) is 0 Å². The van der Waals surface area contributed by atoms with Gasteiger partial charge in [0.1, 0.15) is 0 Å². The number of carboxylic acids is 1. The second-order valence-corrected chi connectivity index (χ2v) is 3.99. The van der Waals surface area contributed by atoms with Gasteiger partial charge in [-0.1, -0.05) is 35.9 Å². The number of hydrogen-bond acceptors (Lipinski definition) is 2. The van der Waals surface area contributed by atoms with Crippen molar-refractivity contribution in [2.24, 2.45) is 4.99 Å². The Morgan fingerprint density at radius 3 is 2.44 bits per heavy atom. The Hall–Kier alpha value is -2.42. The molecular weight excluding hydrogens is 226 g/mol. The summed E-state index contributed by atoms with van der Waals surface area (Å²) in [5.74, 6) is -0.944. The molecule has 3 heteroatoms. The molecule has 0 unspecified atom stereocenters. The third-order valence-electron chi connectivity index (χ3n) is 2.58. The molecule has 18 heavy (non-hydrogen) atoms. The van der Waals surface area contributed by atoms with E-state index in [4.69, 9.17) is 5.11 Å². The summed E-state index contributed by atoms with van der Waals surface area (Å²) in [6, 6.07) is 14.5. The Morgan fingerprint density at radius 2 is 1.78 bits per heavy atom. The average Bonchev–Trinajstić information content (AvgIpc) is 2.38. The first-order valence-corrected chi connectivity index (χ1v) is 5.60. The smallest absolute Gasteiger partial charge is 0.336 e. The second kappa shape index (κ2) is 5.27. The highest BCUT2D eigenvalue weighted by Gasteiger charge is 2.06. The molecule has 2 aromatic carbocycles. The van der Waals surface area contributed by atoms with E-state index in [1.807, 2.05) is 31.2 Å². The van der Waals surface area contributed by atoms with E-state index in [1.54, 1.807) is 30.5 Å². The van der Waals surface area contributed by atoms with E-state index < -0.39 is 5.97 Å². The summed E-state index contributed by atoms with van der Waals surface area (Å²) in [5, 5.41) is 9.04. The fourth-order valence-corrected chi connectivity index (χ4v) is 1.58. The highest BCUT2D eigenvalue weighted by Crippen LogP contribution is 2.13. The third-order valence-corrected chi connectivity index (χ3v) is 2.58. The minimum absolute atomic E-state index is 0.258. The predicted molar refractivity (Wildman–Crippen MR) is 71.8 cm³/mol. The van der Waals surface area contributed by atoms with Gasteiger partial charge in [0.25, 0.3) is 0 Å². The quantitative estimate of drug-likeness (QED) is 0.834. The van der Waals surface area contributed by atoms with E-state index >= 15 is 0 Å². The predicted octanol–water partition coefficient (Wildman–Crippen LogP) is 3.44. The van der Waals surface area contributed by atoms with Crippen LogP contribution < -0.4 is 0 Å². The zero-order chi connectivity index (χ0) is 13.0. The van der Waals surface area contributed by atoms with E-state index in [1.165, 1.54) is 5.56 Å². The summed E-state index contributed by atoms with van der Waals surface area (Å²) in [6.45, 7) is 2.01. The lowest BCUT2D eigenvalue weighted by atomic mass is 10.1. The monoisotopic (exact) mass is 239 g/mol. The molecule has 0 aliphatic rings. The SMILES string of the molecule is Cc1ccc(/N=C\c2ccccc2C(=O)O)cc1. The summed E-state index contributed by atoms with van der Waals surface area (Å²) in [6.07, 6.45) is 1.58. The standard InChI is InChI=1S/C15H13NO2/c1-11-6-8-13(9-7-11)16-10-12-4-2-3-5-14(12)15(17)18/h2-10H,1H3,(H,17,18)/b16-10-. The molecule has 1 N–H and O–H groups in total. The van der Waals surface area contributed by atoms with Crippen molar-refractivity contribution in [1.29, 1.82) is 0 Å². The van der Waals surface area contributed by atoms with Gasteiger partial charge in [-0.05, 0) is 25.1 Å². The van der Waals surface area contributed by atoms with Gasteiger partial charge in [-0.15, -0.1) is 0 Å². The van der Waals surface area contributed by atoms with Crippen LogP contribution in [-0.4, -0.2) is 17.3 Å². The molecule has 0 amide bonds. The van der Waals surface area contributed by atoms with Crippen LogP contribution in [-0.2, 0) is 0 Å². The van der Waals surface area contributed by atoms with Crippen LogP contribution in [0.1, 0.15) is 21.5 Å². The number of rotatable bonds is 3. The Bertz CT molecular complexity index is 586. The molecule has 0 heterocycles. The minimum atomic E-state index is -0.944. The Balaban J connectivity index is 2.29. The second-order valence-electron chi connectivity index (χ2n) is 3.99. The van der Waals surface area contributed by atoms with Gasteiger partial charge in [0.05, 0.1) is 11.3 Å². The van der Waals surface area contributed by atoms with Crippen LogP contribution in [0.5, 0.6) is 0 Å². The van der Waals surface area contributed by atoms with Crippen LogP contribution in [0, 0.1) is 6.92 Å². The molecule has 0 atom stereocenters. The summed E-state index contributed by atoms with van der Waals surface area (Å²) in [4.78, 5) is 15.3. The molecule has 0 radical (unpaired) electrons. The van der Waals surface area contributed by atoms with Crippen molar-refractivity contribution in [3.63, 3.8) is 0 Å². The Kier molecular flexibility index (Phi) is 3.53. The average molecular weight is 239 g/mol. The van der Waals surface area contributed by atoms with Crippen LogP contribution >= 0.6 is 0 Å². The van der Waals surface area contributed by atoms with Crippen molar-refractivity contribution in [3.8, 4) is 0 Å². The molecule has 0 bridgehead atoms. The lowest BCUT2D eigenvalue weighted by molar-refractivity contribution is 0.0697. The van der Waals surface area contributed by atoms with Gasteiger partial charge in [-0.2, -0.15) is 0 Å². The van der Waals surface area contributed by atoms with Gasteiger partial charge in [0.2, 0.25) is 0 Å².